The van der Waals surface area contributed by atoms with Gasteiger partial charge in [0.2, 0.25) is 0 Å². The fourth-order valence-corrected chi connectivity index (χ4v) is 2.07. The van der Waals surface area contributed by atoms with Crippen LogP contribution in [0, 0.1) is 0 Å². The third-order valence-corrected chi connectivity index (χ3v) is 3.21. The van der Waals surface area contributed by atoms with Crippen molar-refractivity contribution in [2.45, 2.75) is 76.9 Å². The van der Waals surface area contributed by atoms with E-state index in [0.29, 0.717) is 6.10 Å². The van der Waals surface area contributed by atoms with Crippen LogP contribution in [0.1, 0.15) is 64.7 Å². The summed E-state index contributed by atoms with van der Waals surface area (Å²) in [5.41, 5.74) is 0. The van der Waals surface area contributed by atoms with Crippen molar-refractivity contribution in [2.75, 3.05) is 6.61 Å². The zero-order valence-electron chi connectivity index (χ0n) is 10.1. The van der Waals surface area contributed by atoms with Gasteiger partial charge >= 0.3 is 0 Å². The van der Waals surface area contributed by atoms with Gasteiger partial charge < -0.3 is 9.84 Å². The molecule has 90 valence electrons. The molecule has 1 fully saturated rings. The predicted molar refractivity (Wildman–Crippen MR) is 63.0 cm³/mol. The Morgan fingerprint density at radius 2 is 1.47 bits per heavy atom. The Balaban J connectivity index is 1.71. The van der Waals surface area contributed by atoms with Crippen LogP contribution in [0.3, 0.4) is 0 Å². The normalized spacial score (nSPS) is 24.4. The number of epoxide rings is 1. The highest BCUT2D eigenvalue weighted by atomic mass is 16.6. The van der Waals surface area contributed by atoms with Crippen LogP contribution in [0.5, 0.6) is 0 Å². The molecule has 1 aliphatic heterocycles. The third kappa shape index (κ3) is 6.16. The van der Waals surface area contributed by atoms with Gasteiger partial charge in [-0.1, -0.05) is 58.3 Å². The molecule has 0 aromatic rings. The molecule has 2 heteroatoms. The van der Waals surface area contributed by atoms with Gasteiger partial charge in [0.15, 0.2) is 0 Å². The first-order chi connectivity index (χ1) is 7.38. The van der Waals surface area contributed by atoms with E-state index in [1.165, 1.54) is 51.4 Å². The zero-order chi connectivity index (χ0) is 10.9. The molecule has 0 unspecified atom stereocenters. The van der Waals surface area contributed by atoms with E-state index in [-0.39, 0.29) is 12.7 Å². The van der Waals surface area contributed by atoms with Gasteiger partial charge in [-0.2, -0.15) is 0 Å². The number of aliphatic hydroxyl groups is 1. The van der Waals surface area contributed by atoms with E-state index >= 15 is 0 Å². The smallest absolute Gasteiger partial charge is 0.107 e. The molecule has 0 amide bonds. The van der Waals surface area contributed by atoms with Gasteiger partial charge in [0.1, 0.15) is 6.10 Å². The topological polar surface area (TPSA) is 32.8 Å². The maximum absolute atomic E-state index is 8.77. The minimum absolute atomic E-state index is 0.176. The van der Waals surface area contributed by atoms with Crippen molar-refractivity contribution in [2.24, 2.45) is 0 Å². The molecule has 0 saturated carbocycles. The highest BCUT2D eigenvalue weighted by Crippen LogP contribution is 2.26. The molecule has 0 aliphatic carbocycles. The molecule has 2 nitrogen and oxygen atoms in total. The van der Waals surface area contributed by atoms with Gasteiger partial charge in [-0.3, -0.25) is 0 Å². The molecule has 0 radical (unpaired) electrons. The fourth-order valence-electron chi connectivity index (χ4n) is 2.07. The molecular weight excluding hydrogens is 188 g/mol. The molecule has 1 N–H and O–H groups in total. The molecule has 2 atom stereocenters. The van der Waals surface area contributed by atoms with Crippen molar-refractivity contribution >= 4 is 0 Å². The summed E-state index contributed by atoms with van der Waals surface area (Å²) in [7, 11) is 0. The summed E-state index contributed by atoms with van der Waals surface area (Å²) in [5.74, 6) is 0. The van der Waals surface area contributed by atoms with Crippen LogP contribution < -0.4 is 0 Å². The second kappa shape index (κ2) is 8.12. The van der Waals surface area contributed by atoms with Gasteiger partial charge in [-0.25, -0.2) is 0 Å². The summed E-state index contributed by atoms with van der Waals surface area (Å²) in [5, 5.41) is 8.77. The first kappa shape index (κ1) is 13.0. The van der Waals surface area contributed by atoms with Crippen molar-refractivity contribution in [3.8, 4) is 0 Å². The van der Waals surface area contributed by atoms with Crippen molar-refractivity contribution in [3.05, 3.63) is 0 Å². The second-order valence-electron chi connectivity index (χ2n) is 4.66. The lowest BCUT2D eigenvalue weighted by Gasteiger charge is -2.00. The summed E-state index contributed by atoms with van der Waals surface area (Å²) < 4.78 is 5.28. The number of aliphatic hydroxyl groups excluding tert-OH is 1. The van der Waals surface area contributed by atoms with E-state index in [4.69, 9.17) is 9.84 Å². The first-order valence-corrected chi connectivity index (χ1v) is 6.64. The van der Waals surface area contributed by atoms with Crippen LogP contribution in [-0.2, 0) is 4.74 Å². The Bertz CT molecular complexity index is 147. The Kier molecular flexibility index (Phi) is 7.03. The van der Waals surface area contributed by atoms with Crippen molar-refractivity contribution in [3.63, 3.8) is 0 Å². The molecule has 0 aromatic carbocycles. The molecule has 1 saturated heterocycles. The Hall–Kier alpha value is -0.0800. The van der Waals surface area contributed by atoms with Crippen LogP contribution in [0.25, 0.3) is 0 Å². The van der Waals surface area contributed by atoms with E-state index in [1.54, 1.807) is 0 Å². The quantitative estimate of drug-likeness (QED) is 0.447. The van der Waals surface area contributed by atoms with Crippen LogP contribution in [-0.4, -0.2) is 23.9 Å². The van der Waals surface area contributed by atoms with E-state index in [1.807, 2.05) is 0 Å². The number of unbranched alkanes of at least 4 members (excludes halogenated alkanes) is 7. The number of ether oxygens (including phenoxy) is 1. The Labute approximate surface area is 94.0 Å². The Morgan fingerprint density at radius 1 is 0.867 bits per heavy atom. The first-order valence-electron chi connectivity index (χ1n) is 6.64. The monoisotopic (exact) mass is 214 g/mol. The lowest BCUT2D eigenvalue weighted by Crippen LogP contribution is -1.98. The van der Waals surface area contributed by atoms with Crippen LogP contribution >= 0.6 is 0 Å². The molecule has 1 heterocycles. The highest BCUT2D eigenvalue weighted by Gasteiger charge is 2.36. The minimum Gasteiger partial charge on any atom is -0.394 e. The average molecular weight is 214 g/mol. The summed E-state index contributed by atoms with van der Waals surface area (Å²) >= 11 is 0. The summed E-state index contributed by atoms with van der Waals surface area (Å²) in [6, 6.07) is 0. The maximum Gasteiger partial charge on any atom is 0.107 e. The van der Waals surface area contributed by atoms with Crippen molar-refractivity contribution in [1.82, 2.24) is 0 Å². The van der Waals surface area contributed by atoms with Crippen LogP contribution in [0.2, 0.25) is 0 Å². The van der Waals surface area contributed by atoms with Gasteiger partial charge in [-0.05, 0) is 6.42 Å². The van der Waals surface area contributed by atoms with Gasteiger partial charge in [-0.15, -0.1) is 0 Å². The Morgan fingerprint density at radius 3 is 2.00 bits per heavy atom. The molecule has 0 bridgehead atoms. The molecular formula is C13H26O2. The maximum atomic E-state index is 8.77. The van der Waals surface area contributed by atoms with E-state index in [9.17, 15) is 0 Å². The van der Waals surface area contributed by atoms with Gasteiger partial charge in [0, 0.05) is 0 Å². The average Bonchev–Trinajstić information content (AvgIpc) is 3.01. The van der Waals surface area contributed by atoms with Crippen molar-refractivity contribution in [1.29, 1.82) is 0 Å². The molecule has 1 rings (SSSR count). The van der Waals surface area contributed by atoms with E-state index in [2.05, 4.69) is 6.92 Å². The van der Waals surface area contributed by atoms with Crippen LogP contribution in [0.4, 0.5) is 0 Å². The summed E-state index contributed by atoms with van der Waals surface area (Å²) in [4.78, 5) is 0. The van der Waals surface area contributed by atoms with Gasteiger partial charge in [0.25, 0.3) is 0 Å². The van der Waals surface area contributed by atoms with Gasteiger partial charge in [0.05, 0.1) is 12.7 Å². The number of rotatable bonds is 10. The van der Waals surface area contributed by atoms with E-state index < -0.39 is 0 Å². The zero-order valence-corrected chi connectivity index (χ0v) is 10.1. The highest BCUT2D eigenvalue weighted by molar-refractivity contribution is 4.83. The largest absolute Gasteiger partial charge is 0.394 e. The van der Waals surface area contributed by atoms with Crippen molar-refractivity contribution < 1.29 is 9.84 Å². The molecule has 0 spiro atoms. The van der Waals surface area contributed by atoms with Crippen LogP contribution in [0.15, 0.2) is 0 Å². The lowest BCUT2D eigenvalue weighted by molar-refractivity contribution is 0.241. The minimum atomic E-state index is 0.176. The lowest BCUT2D eigenvalue weighted by atomic mass is 10.1. The predicted octanol–water partition coefficient (Wildman–Crippen LogP) is 3.28. The number of hydrogen-bond acceptors (Lipinski definition) is 2. The second-order valence-corrected chi connectivity index (χ2v) is 4.66. The standard InChI is InChI=1S/C13H26O2/c1-2-3-4-5-6-7-8-9-10-12-13(11-14)15-12/h12-14H,2-11H2,1H3/t12-,13+/m1/s1. The van der Waals surface area contributed by atoms with E-state index in [0.717, 1.165) is 6.42 Å². The molecule has 0 aromatic heterocycles. The summed E-state index contributed by atoms with van der Waals surface area (Å²) in [6.45, 7) is 2.47. The molecule has 15 heavy (non-hydrogen) atoms. The summed E-state index contributed by atoms with van der Waals surface area (Å²) in [6.07, 6.45) is 12.6. The number of hydrogen-bond donors (Lipinski definition) is 1. The SMILES string of the molecule is CCCCCCCCCC[C@H]1O[C@H]1CO. The fraction of sp³-hybridized carbons (Fsp3) is 1.00. The third-order valence-electron chi connectivity index (χ3n) is 3.21. The molecule has 1 aliphatic rings.